The fraction of sp³-hybridized carbons (Fsp3) is 0.409. The molecule has 1 unspecified atom stereocenters. The maximum absolute atomic E-state index is 12.9. The minimum absolute atomic E-state index is 0.328. The van der Waals surface area contributed by atoms with Crippen LogP contribution in [0, 0.1) is 0 Å². The minimum Gasteiger partial charge on any atom is -0.349 e. The second-order valence-corrected chi connectivity index (χ2v) is 9.65. The Balaban J connectivity index is 2.21. The molecule has 1 atom stereocenters. The van der Waals surface area contributed by atoms with E-state index in [-0.39, 0.29) is 5.91 Å². The van der Waals surface area contributed by atoms with Gasteiger partial charge in [-0.05, 0) is 56.9 Å². The van der Waals surface area contributed by atoms with Gasteiger partial charge in [-0.15, -0.1) is 0 Å². The van der Waals surface area contributed by atoms with Gasteiger partial charge in [0.15, 0.2) is 0 Å². The Hall–Kier alpha value is -2.34. The van der Waals surface area contributed by atoms with Crippen LogP contribution >= 0.6 is 0 Å². The molecule has 152 valence electrons. The summed E-state index contributed by atoms with van der Waals surface area (Å²) in [5, 5.41) is 3.00. The van der Waals surface area contributed by atoms with Crippen molar-refractivity contribution in [3.05, 3.63) is 65.7 Å². The van der Waals surface area contributed by atoms with E-state index in [2.05, 4.69) is 5.32 Å². The van der Waals surface area contributed by atoms with Gasteiger partial charge in [0.05, 0.1) is 11.9 Å². The average Bonchev–Trinajstić information content (AvgIpc) is 2.61. The smallest absolute Gasteiger partial charge is 0.244 e. The van der Waals surface area contributed by atoms with E-state index in [0.717, 1.165) is 23.8 Å². The molecule has 0 aliphatic heterocycles. The molecule has 2 aromatic carbocycles. The van der Waals surface area contributed by atoms with Gasteiger partial charge < -0.3 is 5.32 Å². The van der Waals surface area contributed by atoms with E-state index in [0.29, 0.717) is 12.1 Å². The second kappa shape index (κ2) is 8.78. The maximum Gasteiger partial charge on any atom is 0.244 e. The Kier molecular flexibility index (Phi) is 6.88. The molecule has 0 saturated heterocycles. The summed E-state index contributed by atoms with van der Waals surface area (Å²) in [5.74, 6) is -0.328. The number of nitrogens with zero attached hydrogens (tertiary/aromatic N) is 1. The van der Waals surface area contributed by atoms with Crippen molar-refractivity contribution in [1.82, 2.24) is 5.32 Å². The molecule has 2 aromatic rings. The minimum atomic E-state index is -3.62. The van der Waals surface area contributed by atoms with Gasteiger partial charge in [0.1, 0.15) is 6.04 Å². The monoisotopic (exact) mass is 402 g/mol. The van der Waals surface area contributed by atoms with Crippen LogP contribution in [0.4, 0.5) is 5.69 Å². The van der Waals surface area contributed by atoms with Gasteiger partial charge in [-0.1, -0.05) is 49.4 Å². The summed E-state index contributed by atoms with van der Waals surface area (Å²) in [7, 11) is -3.62. The van der Waals surface area contributed by atoms with Crippen molar-refractivity contribution in [2.45, 2.75) is 52.1 Å². The quantitative estimate of drug-likeness (QED) is 0.734. The van der Waals surface area contributed by atoms with Crippen LogP contribution < -0.4 is 9.62 Å². The number of nitrogens with one attached hydrogen (secondary N) is 1. The van der Waals surface area contributed by atoms with E-state index >= 15 is 0 Å². The number of hydrogen-bond acceptors (Lipinski definition) is 3. The number of carbonyl (C=O) groups excluding carboxylic acids is 1. The zero-order valence-electron chi connectivity index (χ0n) is 17.3. The molecule has 5 nitrogen and oxygen atoms in total. The third-order valence-electron chi connectivity index (χ3n) is 4.64. The number of aryl methyl sites for hydroxylation is 1. The largest absolute Gasteiger partial charge is 0.349 e. The van der Waals surface area contributed by atoms with Crippen molar-refractivity contribution in [2.75, 3.05) is 10.6 Å². The summed E-state index contributed by atoms with van der Waals surface area (Å²) in [6, 6.07) is 16.3. The first-order valence-electron chi connectivity index (χ1n) is 9.48. The zero-order valence-corrected chi connectivity index (χ0v) is 18.1. The van der Waals surface area contributed by atoms with Crippen LogP contribution in [0.1, 0.15) is 38.8 Å². The summed E-state index contributed by atoms with van der Waals surface area (Å²) in [5.41, 5.74) is 2.19. The number of carbonyl (C=O) groups is 1. The number of benzene rings is 2. The molecule has 0 aliphatic rings. The fourth-order valence-corrected chi connectivity index (χ4v) is 4.45. The molecule has 0 fully saturated rings. The van der Waals surface area contributed by atoms with E-state index in [1.165, 1.54) is 4.31 Å². The Morgan fingerprint density at radius 1 is 1.04 bits per heavy atom. The SMILES string of the molecule is CCc1ccc(N(C(C)C(=O)NC(C)(C)Cc2ccccc2)S(C)(=O)=O)cc1. The lowest BCUT2D eigenvalue weighted by Gasteiger charge is -2.33. The van der Waals surface area contributed by atoms with Gasteiger partial charge in [-0.2, -0.15) is 0 Å². The molecule has 0 radical (unpaired) electrons. The van der Waals surface area contributed by atoms with Crippen LogP contribution in [0.2, 0.25) is 0 Å². The van der Waals surface area contributed by atoms with E-state index in [9.17, 15) is 13.2 Å². The van der Waals surface area contributed by atoms with E-state index in [1.807, 2.05) is 63.2 Å². The molecule has 1 amide bonds. The number of anilines is 1. The number of amides is 1. The highest BCUT2D eigenvalue weighted by atomic mass is 32.2. The molecule has 28 heavy (non-hydrogen) atoms. The molecule has 0 bridgehead atoms. The third kappa shape index (κ3) is 5.83. The Bertz CT molecular complexity index is 891. The van der Waals surface area contributed by atoms with Gasteiger partial charge in [-0.25, -0.2) is 8.42 Å². The molecule has 0 spiro atoms. The molecular formula is C22H30N2O3S. The highest BCUT2D eigenvalue weighted by Crippen LogP contribution is 2.22. The average molecular weight is 403 g/mol. The van der Waals surface area contributed by atoms with Crippen LogP contribution in [0.15, 0.2) is 54.6 Å². The fourth-order valence-electron chi connectivity index (χ4n) is 3.28. The van der Waals surface area contributed by atoms with Crippen molar-refractivity contribution in [2.24, 2.45) is 0 Å². The molecule has 6 heteroatoms. The van der Waals surface area contributed by atoms with E-state index < -0.39 is 21.6 Å². The summed E-state index contributed by atoms with van der Waals surface area (Å²) in [4.78, 5) is 12.9. The zero-order chi connectivity index (χ0) is 20.9. The maximum atomic E-state index is 12.9. The molecule has 1 N–H and O–H groups in total. The van der Waals surface area contributed by atoms with Gasteiger partial charge in [0.2, 0.25) is 15.9 Å². The lowest BCUT2D eigenvalue weighted by Crippen LogP contribution is -2.54. The van der Waals surface area contributed by atoms with E-state index in [1.54, 1.807) is 19.1 Å². The first-order valence-corrected chi connectivity index (χ1v) is 11.3. The Morgan fingerprint density at radius 3 is 2.11 bits per heavy atom. The Morgan fingerprint density at radius 2 is 1.61 bits per heavy atom. The van der Waals surface area contributed by atoms with Gasteiger partial charge in [0.25, 0.3) is 0 Å². The number of hydrogen-bond donors (Lipinski definition) is 1. The van der Waals surface area contributed by atoms with Gasteiger partial charge in [0, 0.05) is 5.54 Å². The van der Waals surface area contributed by atoms with Crippen LogP contribution in [0.25, 0.3) is 0 Å². The van der Waals surface area contributed by atoms with Crippen LogP contribution in [-0.4, -0.2) is 32.2 Å². The van der Waals surface area contributed by atoms with Crippen molar-refractivity contribution >= 4 is 21.6 Å². The highest BCUT2D eigenvalue weighted by molar-refractivity contribution is 7.92. The first kappa shape index (κ1) is 22.0. The first-order chi connectivity index (χ1) is 13.0. The molecule has 0 saturated carbocycles. The summed E-state index contributed by atoms with van der Waals surface area (Å²) >= 11 is 0. The second-order valence-electron chi connectivity index (χ2n) is 7.79. The standard InChI is InChI=1S/C22H30N2O3S/c1-6-18-12-14-20(15-13-18)24(28(5,26)27)17(2)21(25)23-22(3,4)16-19-10-8-7-9-11-19/h7-15,17H,6,16H2,1-5H3,(H,23,25). The van der Waals surface area contributed by atoms with Gasteiger partial charge >= 0.3 is 0 Å². The molecule has 0 heterocycles. The molecule has 0 aromatic heterocycles. The lowest BCUT2D eigenvalue weighted by molar-refractivity contribution is -0.123. The summed E-state index contributed by atoms with van der Waals surface area (Å²) < 4.78 is 26.1. The predicted molar refractivity (Wildman–Crippen MR) is 115 cm³/mol. The molecule has 2 rings (SSSR count). The van der Waals surface area contributed by atoms with Crippen molar-refractivity contribution in [3.63, 3.8) is 0 Å². The lowest BCUT2D eigenvalue weighted by atomic mass is 9.94. The number of sulfonamides is 1. The summed E-state index contributed by atoms with van der Waals surface area (Å²) in [6.45, 7) is 7.52. The molecular weight excluding hydrogens is 372 g/mol. The molecule has 0 aliphatic carbocycles. The third-order valence-corrected chi connectivity index (χ3v) is 5.88. The van der Waals surface area contributed by atoms with Crippen molar-refractivity contribution in [3.8, 4) is 0 Å². The van der Waals surface area contributed by atoms with Crippen molar-refractivity contribution < 1.29 is 13.2 Å². The van der Waals surface area contributed by atoms with E-state index in [4.69, 9.17) is 0 Å². The van der Waals surface area contributed by atoms with Gasteiger partial charge in [-0.3, -0.25) is 9.10 Å². The Labute approximate surface area is 168 Å². The normalized spacial score (nSPS) is 13.0. The summed E-state index contributed by atoms with van der Waals surface area (Å²) in [6.07, 6.45) is 2.64. The predicted octanol–water partition coefficient (Wildman–Crippen LogP) is 3.54. The number of rotatable bonds is 8. The van der Waals surface area contributed by atoms with Crippen LogP contribution in [0.3, 0.4) is 0 Å². The highest BCUT2D eigenvalue weighted by Gasteiger charge is 2.32. The van der Waals surface area contributed by atoms with Crippen molar-refractivity contribution in [1.29, 1.82) is 0 Å². The topological polar surface area (TPSA) is 66.5 Å². The van der Waals surface area contributed by atoms with Crippen LogP contribution in [-0.2, 0) is 27.7 Å². The van der Waals surface area contributed by atoms with Crippen LogP contribution in [0.5, 0.6) is 0 Å².